The maximum absolute atomic E-state index is 12.1. The van der Waals surface area contributed by atoms with E-state index in [1.54, 1.807) is 66.9 Å². The largest absolute Gasteiger partial charge is 0.493 e. The van der Waals surface area contributed by atoms with Gasteiger partial charge in [-0.05, 0) is 71.8 Å². The summed E-state index contributed by atoms with van der Waals surface area (Å²) in [4.78, 5) is 27.3. The van der Waals surface area contributed by atoms with Crippen LogP contribution in [0, 0.1) is 0 Å². The number of nitrogens with zero attached hydrogens (tertiary/aromatic N) is 1. The fourth-order valence-corrected chi connectivity index (χ4v) is 2.69. The van der Waals surface area contributed by atoms with Crippen LogP contribution in [0.5, 0.6) is 11.5 Å². The molecule has 3 aromatic carbocycles. The molecule has 0 saturated heterocycles. The average Bonchev–Trinajstić information content (AvgIpc) is 2.78. The summed E-state index contributed by atoms with van der Waals surface area (Å²) in [6.07, 6.45) is 4.55. The van der Waals surface area contributed by atoms with Crippen LogP contribution in [0.2, 0.25) is 5.02 Å². The van der Waals surface area contributed by atoms with Crippen molar-refractivity contribution in [2.24, 2.45) is 4.99 Å². The van der Waals surface area contributed by atoms with Crippen molar-refractivity contribution in [3.05, 3.63) is 94.5 Å². The van der Waals surface area contributed by atoms with Crippen molar-refractivity contribution in [2.75, 3.05) is 7.11 Å². The van der Waals surface area contributed by atoms with Crippen molar-refractivity contribution in [2.45, 2.75) is 0 Å². The van der Waals surface area contributed by atoms with Crippen LogP contribution < -0.4 is 9.47 Å². The highest BCUT2D eigenvalue weighted by atomic mass is 35.5. The molecule has 0 spiro atoms. The van der Waals surface area contributed by atoms with E-state index in [4.69, 9.17) is 26.2 Å². The molecule has 31 heavy (non-hydrogen) atoms. The topological polar surface area (TPSA) is 85.2 Å². The molecule has 0 saturated carbocycles. The number of methoxy groups -OCH3 is 1. The summed E-state index contributed by atoms with van der Waals surface area (Å²) in [7, 11) is 1.47. The van der Waals surface area contributed by atoms with Gasteiger partial charge < -0.3 is 14.6 Å². The number of aliphatic imine (C=N–C) groups is 1. The monoisotopic (exact) mass is 435 g/mol. The van der Waals surface area contributed by atoms with Crippen LogP contribution in [0.3, 0.4) is 0 Å². The SMILES string of the molecule is COc1cc(/C=N/c2ccc(C(=O)O)cc2)ccc1OC(=O)/C=C/c1ccc(Cl)cc1. The number of carbonyl (C=O) groups excluding carboxylic acids is 1. The molecule has 0 aliphatic carbocycles. The van der Waals surface area contributed by atoms with Gasteiger partial charge in [-0.1, -0.05) is 23.7 Å². The van der Waals surface area contributed by atoms with Crippen LogP contribution in [0.15, 0.2) is 77.8 Å². The van der Waals surface area contributed by atoms with Crippen molar-refractivity contribution in [3.63, 3.8) is 0 Å². The van der Waals surface area contributed by atoms with E-state index in [1.165, 1.54) is 25.3 Å². The number of benzene rings is 3. The minimum atomic E-state index is -0.992. The summed E-state index contributed by atoms with van der Waals surface area (Å²) >= 11 is 5.84. The first-order valence-electron chi connectivity index (χ1n) is 9.15. The van der Waals surface area contributed by atoms with Gasteiger partial charge in [0.1, 0.15) is 0 Å². The Bertz CT molecular complexity index is 1140. The number of hydrogen-bond acceptors (Lipinski definition) is 5. The third kappa shape index (κ3) is 6.29. The van der Waals surface area contributed by atoms with E-state index >= 15 is 0 Å². The average molecular weight is 436 g/mol. The number of hydrogen-bond donors (Lipinski definition) is 1. The van der Waals surface area contributed by atoms with E-state index in [0.717, 1.165) is 11.1 Å². The van der Waals surface area contributed by atoms with Crippen molar-refractivity contribution >= 4 is 41.5 Å². The predicted octanol–water partition coefficient (Wildman–Crippen LogP) is 5.42. The van der Waals surface area contributed by atoms with E-state index in [2.05, 4.69) is 4.99 Å². The Kier molecular flexibility index (Phi) is 7.19. The summed E-state index contributed by atoms with van der Waals surface area (Å²) in [5, 5.41) is 9.55. The quantitative estimate of drug-likeness (QED) is 0.232. The molecule has 3 aromatic rings. The number of aromatic carboxylic acids is 1. The maximum Gasteiger partial charge on any atom is 0.336 e. The number of rotatable bonds is 7. The van der Waals surface area contributed by atoms with Crippen molar-refractivity contribution in [1.29, 1.82) is 0 Å². The third-order valence-corrected chi connectivity index (χ3v) is 4.41. The third-order valence-electron chi connectivity index (χ3n) is 4.16. The van der Waals surface area contributed by atoms with Gasteiger partial charge in [0, 0.05) is 17.3 Å². The Labute approximate surface area is 184 Å². The Morgan fingerprint density at radius 3 is 2.26 bits per heavy atom. The Balaban J connectivity index is 1.68. The molecule has 0 bridgehead atoms. The fraction of sp³-hybridized carbons (Fsp3) is 0.0417. The molecule has 0 fully saturated rings. The van der Waals surface area contributed by atoms with Gasteiger partial charge >= 0.3 is 11.9 Å². The second kappa shape index (κ2) is 10.2. The van der Waals surface area contributed by atoms with Gasteiger partial charge in [-0.15, -0.1) is 0 Å². The molecular formula is C24H18ClNO5. The normalized spacial score (nSPS) is 11.0. The Morgan fingerprint density at radius 2 is 1.61 bits per heavy atom. The van der Waals surface area contributed by atoms with Gasteiger partial charge in [0.2, 0.25) is 0 Å². The smallest absolute Gasteiger partial charge is 0.336 e. The van der Waals surface area contributed by atoms with E-state index in [0.29, 0.717) is 16.5 Å². The zero-order valence-electron chi connectivity index (χ0n) is 16.5. The molecule has 0 aliphatic rings. The van der Waals surface area contributed by atoms with Crippen molar-refractivity contribution in [1.82, 2.24) is 0 Å². The van der Waals surface area contributed by atoms with Gasteiger partial charge in [0.15, 0.2) is 11.5 Å². The second-order valence-corrected chi connectivity index (χ2v) is 6.76. The first kappa shape index (κ1) is 21.8. The standard InChI is InChI=1S/C24H18ClNO5/c1-30-22-14-17(15-26-20-10-6-18(7-11-20)24(28)29)4-12-21(22)31-23(27)13-5-16-2-8-19(25)9-3-16/h2-15H,1H3,(H,28,29)/b13-5+,26-15+. The lowest BCUT2D eigenvalue weighted by Crippen LogP contribution is -2.05. The van der Waals surface area contributed by atoms with Gasteiger partial charge in [-0.2, -0.15) is 0 Å². The summed E-state index contributed by atoms with van der Waals surface area (Å²) < 4.78 is 10.7. The first-order valence-corrected chi connectivity index (χ1v) is 9.53. The fourth-order valence-electron chi connectivity index (χ4n) is 2.57. The van der Waals surface area contributed by atoms with E-state index < -0.39 is 11.9 Å². The van der Waals surface area contributed by atoms with E-state index in [1.807, 2.05) is 0 Å². The van der Waals surface area contributed by atoms with Gasteiger partial charge in [-0.25, -0.2) is 9.59 Å². The Morgan fingerprint density at radius 1 is 0.935 bits per heavy atom. The molecule has 0 aromatic heterocycles. The summed E-state index contributed by atoms with van der Waals surface area (Å²) in [6, 6.07) is 18.2. The minimum absolute atomic E-state index is 0.192. The number of carbonyl (C=O) groups is 2. The highest BCUT2D eigenvalue weighted by Gasteiger charge is 2.09. The predicted molar refractivity (Wildman–Crippen MR) is 120 cm³/mol. The minimum Gasteiger partial charge on any atom is -0.493 e. The van der Waals surface area contributed by atoms with Crippen molar-refractivity contribution in [3.8, 4) is 11.5 Å². The number of esters is 1. The Hall–Kier alpha value is -3.90. The lowest BCUT2D eigenvalue weighted by atomic mass is 10.2. The van der Waals surface area contributed by atoms with E-state index in [-0.39, 0.29) is 11.3 Å². The molecule has 0 radical (unpaired) electrons. The molecule has 3 rings (SSSR count). The van der Waals surface area contributed by atoms with Gasteiger partial charge in [0.05, 0.1) is 18.4 Å². The molecule has 7 heteroatoms. The number of carboxylic acids is 1. The molecule has 0 heterocycles. The molecular weight excluding hydrogens is 418 g/mol. The molecule has 0 aliphatic heterocycles. The zero-order chi connectivity index (χ0) is 22.2. The van der Waals surface area contributed by atoms with Gasteiger partial charge in [0.25, 0.3) is 0 Å². The lowest BCUT2D eigenvalue weighted by molar-refractivity contribution is -0.129. The van der Waals surface area contributed by atoms with Crippen LogP contribution in [-0.4, -0.2) is 30.4 Å². The molecule has 156 valence electrons. The molecule has 0 amide bonds. The number of halogens is 1. The molecule has 0 atom stereocenters. The summed E-state index contributed by atoms with van der Waals surface area (Å²) in [5.41, 5.74) is 2.33. The first-order chi connectivity index (χ1) is 14.9. The molecule has 6 nitrogen and oxygen atoms in total. The lowest BCUT2D eigenvalue weighted by Gasteiger charge is -2.08. The number of ether oxygens (including phenoxy) is 2. The highest BCUT2D eigenvalue weighted by molar-refractivity contribution is 6.30. The molecule has 0 unspecified atom stereocenters. The van der Waals surface area contributed by atoms with Crippen LogP contribution >= 0.6 is 11.6 Å². The second-order valence-electron chi connectivity index (χ2n) is 6.33. The zero-order valence-corrected chi connectivity index (χ0v) is 17.2. The maximum atomic E-state index is 12.1. The van der Waals surface area contributed by atoms with Crippen molar-refractivity contribution < 1.29 is 24.2 Å². The van der Waals surface area contributed by atoms with Crippen LogP contribution in [0.1, 0.15) is 21.5 Å². The summed E-state index contributed by atoms with van der Waals surface area (Å²) in [6.45, 7) is 0. The summed E-state index contributed by atoms with van der Waals surface area (Å²) in [5.74, 6) is -0.892. The number of carboxylic acid groups (broad SMARTS) is 1. The molecule has 1 N–H and O–H groups in total. The van der Waals surface area contributed by atoms with Gasteiger partial charge in [-0.3, -0.25) is 4.99 Å². The highest BCUT2D eigenvalue weighted by Crippen LogP contribution is 2.28. The van der Waals surface area contributed by atoms with E-state index in [9.17, 15) is 9.59 Å². The van der Waals surface area contributed by atoms with Crippen LogP contribution in [-0.2, 0) is 4.79 Å². The van der Waals surface area contributed by atoms with Crippen LogP contribution in [0.4, 0.5) is 5.69 Å². The van der Waals surface area contributed by atoms with Crippen LogP contribution in [0.25, 0.3) is 6.08 Å².